The summed E-state index contributed by atoms with van der Waals surface area (Å²) in [6.45, 7) is 4.02. The van der Waals surface area contributed by atoms with Crippen molar-refractivity contribution < 1.29 is 18.8 Å². The number of carbonyl (C=O) groups excluding carboxylic acids is 3. The number of hydrogen-bond donors (Lipinski definition) is 2. The summed E-state index contributed by atoms with van der Waals surface area (Å²) >= 11 is 0. The Morgan fingerprint density at radius 2 is 1.51 bits per heavy atom. The number of amides is 3. The zero-order valence-corrected chi connectivity index (χ0v) is 26.2. The molecule has 2 atom stereocenters. The second-order valence-electron chi connectivity index (χ2n) is 12.7. The van der Waals surface area contributed by atoms with E-state index >= 15 is 0 Å². The quantitative estimate of drug-likeness (QED) is 0.322. The fraction of sp³-hybridized carbons (Fsp3) is 0.432. The fourth-order valence-electron chi connectivity index (χ4n) is 6.72. The number of rotatable bonds is 10. The molecular formula is C37H45FN4O3. The van der Waals surface area contributed by atoms with Crippen LogP contribution in [0.1, 0.15) is 70.4 Å². The van der Waals surface area contributed by atoms with Gasteiger partial charge in [0, 0.05) is 36.8 Å². The lowest BCUT2D eigenvalue weighted by Crippen LogP contribution is -2.58. The Kier molecular flexibility index (Phi) is 11.0. The molecule has 8 heteroatoms. The van der Waals surface area contributed by atoms with Crippen molar-refractivity contribution in [1.82, 2.24) is 15.1 Å². The van der Waals surface area contributed by atoms with Crippen LogP contribution in [0.2, 0.25) is 0 Å². The maximum atomic E-state index is 13.9. The normalized spacial score (nSPS) is 21.6. The average Bonchev–Trinajstić information content (AvgIpc) is 3.08. The number of aryl methyl sites for hydroxylation is 1. The highest BCUT2D eigenvalue weighted by molar-refractivity contribution is 5.98. The van der Waals surface area contributed by atoms with E-state index < -0.39 is 11.9 Å². The summed E-state index contributed by atoms with van der Waals surface area (Å²) in [4.78, 5) is 45.1. The smallest absolute Gasteiger partial charge is 0.254 e. The van der Waals surface area contributed by atoms with E-state index in [-0.39, 0.29) is 23.8 Å². The van der Waals surface area contributed by atoms with Crippen LogP contribution >= 0.6 is 0 Å². The molecule has 238 valence electrons. The van der Waals surface area contributed by atoms with Crippen LogP contribution in [0, 0.1) is 24.6 Å². The van der Waals surface area contributed by atoms with Crippen molar-refractivity contribution in [2.45, 2.75) is 64.0 Å². The van der Waals surface area contributed by atoms with Crippen LogP contribution in [0.15, 0.2) is 78.9 Å². The molecule has 1 aliphatic heterocycles. The van der Waals surface area contributed by atoms with Crippen molar-refractivity contribution in [3.05, 3.63) is 107 Å². The Labute approximate surface area is 266 Å². The number of nitrogens with two attached hydrogens (primary N) is 1. The summed E-state index contributed by atoms with van der Waals surface area (Å²) in [7, 11) is 0. The lowest BCUT2D eigenvalue weighted by Gasteiger charge is -2.43. The standard InChI is InChI=1S/C37H45FN4O3/c1-26-7-13-30(14-8-26)37(45)42-22-20-33(23-34(42)35(43)40-25-29-11-9-28(24-39)10-12-29)41(21-19-27-5-3-2-4-6-27)36(44)31-15-17-32(38)18-16-31/h2-8,13-18,28-29,33-34H,9-12,19-25,39H2,1H3,(H,40,43)/t28?,29?,33?,34-/m1/s1. The van der Waals surface area contributed by atoms with Gasteiger partial charge in [-0.1, -0.05) is 48.0 Å². The molecule has 1 saturated carbocycles. The van der Waals surface area contributed by atoms with Gasteiger partial charge in [-0.15, -0.1) is 0 Å². The van der Waals surface area contributed by atoms with E-state index in [1.165, 1.54) is 24.3 Å². The minimum Gasteiger partial charge on any atom is -0.354 e. The molecule has 0 aromatic heterocycles. The molecule has 1 aliphatic carbocycles. The van der Waals surface area contributed by atoms with E-state index in [0.717, 1.165) is 36.8 Å². The number of benzene rings is 3. The number of hydrogen-bond acceptors (Lipinski definition) is 4. The Morgan fingerprint density at radius 3 is 2.18 bits per heavy atom. The fourth-order valence-corrected chi connectivity index (χ4v) is 6.72. The summed E-state index contributed by atoms with van der Waals surface area (Å²) < 4.78 is 13.7. The van der Waals surface area contributed by atoms with Gasteiger partial charge in [0.15, 0.2) is 0 Å². The highest BCUT2D eigenvalue weighted by Crippen LogP contribution is 2.29. The number of halogens is 1. The van der Waals surface area contributed by atoms with Gasteiger partial charge in [0.2, 0.25) is 5.91 Å². The van der Waals surface area contributed by atoms with Crippen LogP contribution in [0.5, 0.6) is 0 Å². The molecule has 1 saturated heterocycles. The first-order valence-corrected chi connectivity index (χ1v) is 16.3. The predicted octanol–water partition coefficient (Wildman–Crippen LogP) is 5.37. The summed E-state index contributed by atoms with van der Waals surface area (Å²) in [5.41, 5.74) is 8.97. The second-order valence-corrected chi connectivity index (χ2v) is 12.7. The highest BCUT2D eigenvalue weighted by atomic mass is 19.1. The number of carbonyl (C=O) groups is 3. The van der Waals surface area contributed by atoms with Gasteiger partial charge < -0.3 is 20.9 Å². The Balaban J connectivity index is 1.37. The maximum Gasteiger partial charge on any atom is 0.254 e. The molecule has 3 amide bonds. The van der Waals surface area contributed by atoms with Gasteiger partial charge in [0.25, 0.3) is 11.8 Å². The number of piperidine rings is 1. The predicted molar refractivity (Wildman–Crippen MR) is 174 cm³/mol. The first kappa shape index (κ1) is 32.4. The van der Waals surface area contributed by atoms with E-state index in [1.807, 2.05) is 54.3 Å². The van der Waals surface area contributed by atoms with E-state index in [2.05, 4.69) is 5.32 Å². The molecule has 1 unspecified atom stereocenters. The van der Waals surface area contributed by atoms with Crippen LogP contribution in [0.25, 0.3) is 0 Å². The molecule has 3 aromatic rings. The Morgan fingerprint density at radius 1 is 0.867 bits per heavy atom. The molecular weight excluding hydrogens is 567 g/mol. The van der Waals surface area contributed by atoms with Gasteiger partial charge >= 0.3 is 0 Å². The molecule has 2 fully saturated rings. The number of likely N-dealkylation sites (tertiary alicyclic amines) is 1. The van der Waals surface area contributed by atoms with Gasteiger partial charge in [-0.25, -0.2) is 4.39 Å². The third-order valence-corrected chi connectivity index (χ3v) is 9.58. The van der Waals surface area contributed by atoms with Crippen molar-refractivity contribution in [3.63, 3.8) is 0 Å². The zero-order chi connectivity index (χ0) is 31.8. The van der Waals surface area contributed by atoms with Crippen molar-refractivity contribution in [2.24, 2.45) is 17.6 Å². The largest absolute Gasteiger partial charge is 0.354 e. The molecule has 0 spiro atoms. The topological polar surface area (TPSA) is 95.7 Å². The molecule has 3 aromatic carbocycles. The summed E-state index contributed by atoms with van der Waals surface area (Å²) in [6, 6.07) is 22.0. The first-order chi connectivity index (χ1) is 21.8. The van der Waals surface area contributed by atoms with E-state index in [1.54, 1.807) is 17.0 Å². The minimum absolute atomic E-state index is 0.182. The van der Waals surface area contributed by atoms with E-state index in [0.29, 0.717) is 68.4 Å². The first-order valence-electron chi connectivity index (χ1n) is 16.3. The van der Waals surface area contributed by atoms with Crippen LogP contribution < -0.4 is 11.1 Å². The summed E-state index contributed by atoms with van der Waals surface area (Å²) in [5.74, 6) is -0.0290. The monoisotopic (exact) mass is 612 g/mol. The van der Waals surface area contributed by atoms with Crippen molar-refractivity contribution in [2.75, 3.05) is 26.2 Å². The average molecular weight is 613 g/mol. The van der Waals surface area contributed by atoms with Crippen LogP contribution in [0.3, 0.4) is 0 Å². The lowest BCUT2D eigenvalue weighted by atomic mass is 9.82. The molecule has 0 radical (unpaired) electrons. The second kappa shape index (κ2) is 15.3. The molecule has 3 N–H and O–H groups in total. The third-order valence-electron chi connectivity index (χ3n) is 9.58. The van der Waals surface area contributed by atoms with Crippen molar-refractivity contribution >= 4 is 17.7 Å². The SMILES string of the molecule is Cc1ccc(C(=O)N2CCC(N(CCc3ccccc3)C(=O)c3ccc(F)cc3)C[C@@H]2C(=O)NCC2CCC(CN)CC2)cc1. The van der Waals surface area contributed by atoms with Crippen LogP contribution in [-0.2, 0) is 11.2 Å². The number of nitrogens with one attached hydrogen (secondary N) is 1. The van der Waals surface area contributed by atoms with Gasteiger partial charge in [0.05, 0.1) is 0 Å². The zero-order valence-electron chi connectivity index (χ0n) is 26.2. The summed E-state index contributed by atoms with van der Waals surface area (Å²) in [6.07, 6.45) is 5.70. The van der Waals surface area contributed by atoms with Gasteiger partial charge in [0.1, 0.15) is 11.9 Å². The molecule has 0 bridgehead atoms. The molecule has 7 nitrogen and oxygen atoms in total. The Bertz CT molecular complexity index is 1420. The van der Waals surface area contributed by atoms with Crippen molar-refractivity contribution in [1.29, 1.82) is 0 Å². The highest BCUT2D eigenvalue weighted by Gasteiger charge is 2.40. The van der Waals surface area contributed by atoms with E-state index in [9.17, 15) is 18.8 Å². The molecule has 2 aliphatic rings. The molecule has 1 heterocycles. The Hall–Kier alpha value is -4.04. The lowest BCUT2D eigenvalue weighted by molar-refractivity contribution is -0.127. The van der Waals surface area contributed by atoms with Gasteiger partial charge in [-0.2, -0.15) is 0 Å². The van der Waals surface area contributed by atoms with Crippen molar-refractivity contribution in [3.8, 4) is 0 Å². The van der Waals surface area contributed by atoms with Crippen LogP contribution in [0.4, 0.5) is 4.39 Å². The van der Waals surface area contributed by atoms with Gasteiger partial charge in [-0.05, 0) is 112 Å². The van der Waals surface area contributed by atoms with Gasteiger partial charge in [-0.3, -0.25) is 14.4 Å². The minimum atomic E-state index is -0.724. The number of nitrogens with zero attached hydrogens (tertiary/aromatic N) is 2. The maximum absolute atomic E-state index is 13.9. The molecule has 45 heavy (non-hydrogen) atoms. The van der Waals surface area contributed by atoms with E-state index in [4.69, 9.17) is 5.73 Å². The third kappa shape index (κ3) is 8.37. The molecule has 5 rings (SSSR count). The summed E-state index contributed by atoms with van der Waals surface area (Å²) in [5, 5.41) is 3.18. The van der Waals surface area contributed by atoms with Crippen LogP contribution in [-0.4, -0.2) is 65.8 Å².